The molecule has 1 spiro atoms. The van der Waals surface area contributed by atoms with Crippen molar-refractivity contribution in [1.82, 2.24) is 9.97 Å². The number of aromatic nitrogens is 2. The number of rotatable bonds is 1. The van der Waals surface area contributed by atoms with E-state index in [4.69, 9.17) is 11.6 Å². The summed E-state index contributed by atoms with van der Waals surface area (Å²) in [4.78, 5) is 24.5. The number of nitrogens with zero attached hydrogens (tertiary/aromatic N) is 4. The average Bonchev–Trinajstić information content (AvgIpc) is 3.07. The highest BCUT2D eigenvalue weighted by Gasteiger charge is 2.60. The van der Waals surface area contributed by atoms with Crippen LogP contribution in [0.15, 0.2) is 6.20 Å². The number of amides is 1. The Balaban J connectivity index is 2.21. The topological polar surface area (TPSA) is 49.3 Å². The fourth-order valence-corrected chi connectivity index (χ4v) is 2.93. The molecule has 5 nitrogen and oxygen atoms in total. The van der Waals surface area contributed by atoms with E-state index in [0.29, 0.717) is 0 Å². The van der Waals surface area contributed by atoms with E-state index in [0.717, 1.165) is 24.3 Å². The Morgan fingerprint density at radius 1 is 1.44 bits per heavy atom. The number of carbonyl (C=O) groups excluding carboxylic acids is 1. The van der Waals surface area contributed by atoms with Crippen LogP contribution >= 0.6 is 11.6 Å². The van der Waals surface area contributed by atoms with Gasteiger partial charge in [0.15, 0.2) is 5.82 Å². The van der Waals surface area contributed by atoms with E-state index in [1.54, 1.807) is 18.1 Å². The van der Waals surface area contributed by atoms with Gasteiger partial charge < -0.3 is 9.80 Å². The molecule has 18 heavy (non-hydrogen) atoms. The molecular weight excluding hydrogens is 252 g/mol. The second-order valence-electron chi connectivity index (χ2n) is 5.21. The Labute approximate surface area is 111 Å². The van der Waals surface area contributed by atoms with Gasteiger partial charge in [-0.3, -0.25) is 4.79 Å². The lowest BCUT2D eigenvalue weighted by Gasteiger charge is -2.43. The lowest BCUT2D eigenvalue weighted by atomic mass is 10.1. The van der Waals surface area contributed by atoms with Gasteiger partial charge in [-0.25, -0.2) is 4.98 Å². The molecule has 1 fully saturated rings. The molecule has 6 heteroatoms. The number of halogens is 1. The molecule has 0 bridgehead atoms. The Kier molecular flexibility index (Phi) is 2.32. The van der Waals surface area contributed by atoms with Crippen molar-refractivity contribution in [2.45, 2.75) is 38.3 Å². The van der Waals surface area contributed by atoms with Crippen molar-refractivity contribution in [2.24, 2.45) is 0 Å². The van der Waals surface area contributed by atoms with Crippen LogP contribution in [0, 0.1) is 0 Å². The lowest BCUT2D eigenvalue weighted by molar-refractivity contribution is -0.121. The molecule has 96 valence electrons. The monoisotopic (exact) mass is 266 g/mol. The highest BCUT2D eigenvalue weighted by atomic mass is 35.5. The van der Waals surface area contributed by atoms with Crippen LogP contribution in [-0.2, 0) is 4.79 Å². The standard InChI is InChI=1S/C12H15ClN4O/c1-7(2)17-9-8(6-14-11(13)15-9)16(3)10(18)12(17)4-5-12/h6-7H,4-5H2,1-3H3. The summed E-state index contributed by atoms with van der Waals surface area (Å²) in [7, 11) is 1.77. The third kappa shape index (κ3) is 1.37. The smallest absolute Gasteiger partial charge is 0.252 e. The fourth-order valence-electron chi connectivity index (χ4n) is 2.80. The van der Waals surface area contributed by atoms with Crippen LogP contribution in [-0.4, -0.2) is 34.5 Å². The molecule has 3 rings (SSSR count). The zero-order chi connectivity index (χ0) is 13.1. The molecular formula is C12H15ClN4O. The van der Waals surface area contributed by atoms with Crippen LogP contribution in [0.2, 0.25) is 5.28 Å². The van der Waals surface area contributed by atoms with Gasteiger partial charge in [0.25, 0.3) is 5.91 Å². The summed E-state index contributed by atoms with van der Waals surface area (Å²) in [6, 6.07) is 0.204. The first-order valence-corrected chi connectivity index (χ1v) is 6.45. The van der Waals surface area contributed by atoms with Gasteiger partial charge in [0.1, 0.15) is 11.2 Å². The minimum absolute atomic E-state index is 0.134. The molecule has 0 N–H and O–H groups in total. The van der Waals surface area contributed by atoms with Crippen molar-refractivity contribution in [1.29, 1.82) is 0 Å². The maximum atomic E-state index is 12.5. The molecule has 0 radical (unpaired) electrons. The lowest BCUT2D eigenvalue weighted by Crippen LogP contribution is -2.57. The second-order valence-corrected chi connectivity index (χ2v) is 5.55. The fraction of sp³-hybridized carbons (Fsp3) is 0.583. The van der Waals surface area contributed by atoms with Crippen molar-refractivity contribution < 1.29 is 4.79 Å². The van der Waals surface area contributed by atoms with Crippen LogP contribution in [0.25, 0.3) is 0 Å². The van der Waals surface area contributed by atoms with Crippen LogP contribution in [0.5, 0.6) is 0 Å². The maximum Gasteiger partial charge on any atom is 0.252 e. The number of anilines is 2. The third-order valence-electron chi connectivity index (χ3n) is 3.71. The first kappa shape index (κ1) is 11.7. The van der Waals surface area contributed by atoms with Gasteiger partial charge in [0.05, 0.1) is 6.20 Å². The predicted molar refractivity (Wildman–Crippen MR) is 70.0 cm³/mol. The number of likely N-dealkylation sites (N-methyl/N-ethyl adjacent to an activating group) is 1. The van der Waals surface area contributed by atoms with Gasteiger partial charge in [-0.1, -0.05) is 0 Å². The molecule has 1 aliphatic heterocycles. The van der Waals surface area contributed by atoms with Crippen molar-refractivity contribution >= 4 is 29.0 Å². The normalized spacial score (nSPS) is 20.6. The van der Waals surface area contributed by atoms with Crippen molar-refractivity contribution in [3.8, 4) is 0 Å². The summed E-state index contributed by atoms with van der Waals surface area (Å²) >= 11 is 5.89. The van der Waals surface area contributed by atoms with Gasteiger partial charge >= 0.3 is 0 Å². The van der Waals surface area contributed by atoms with Gasteiger partial charge in [-0.2, -0.15) is 4.98 Å². The Morgan fingerprint density at radius 3 is 2.67 bits per heavy atom. The highest BCUT2D eigenvalue weighted by molar-refractivity contribution is 6.28. The maximum absolute atomic E-state index is 12.5. The summed E-state index contributed by atoms with van der Waals surface area (Å²) in [6.45, 7) is 4.14. The zero-order valence-corrected chi connectivity index (χ0v) is 11.4. The Bertz CT molecular complexity index is 527. The quantitative estimate of drug-likeness (QED) is 0.728. The number of hydrogen-bond donors (Lipinski definition) is 0. The molecule has 1 saturated carbocycles. The minimum atomic E-state index is -0.395. The molecule has 2 aliphatic rings. The van der Waals surface area contributed by atoms with E-state index in [9.17, 15) is 4.79 Å². The van der Waals surface area contributed by atoms with Crippen LogP contribution in [0.1, 0.15) is 26.7 Å². The molecule has 0 atom stereocenters. The molecule has 1 aliphatic carbocycles. The van der Waals surface area contributed by atoms with Gasteiger partial charge in [-0.15, -0.1) is 0 Å². The summed E-state index contributed by atoms with van der Waals surface area (Å²) in [5.41, 5.74) is 0.337. The van der Waals surface area contributed by atoms with Crippen molar-refractivity contribution in [3.05, 3.63) is 11.5 Å². The van der Waals surface area contributed by atoms with Gasteiger partial charge in [0, 0.05) is 13.1 Å². The summed E-state index contributed by atoms with van der Waals surface area (Å²) in [5, 5.41) is 0.220. The largest absolute Gasteiger partial charge is 0.338 e. The molecule has 1 aromatic rings. The van der Waals surface area contributed by atoms with E-state index >= 15 is 0 Å². The number of carbonyl (C=O) groups is 1. The van der Waals surface area contributed by atoms with Crippen LogP contribution in [0.3, 0.4) is 0 Å². The molecule has 2 heterocycles. The molecule has 0 aromatic carbocycles. The molecule has 1 aromatic heterocycles. The van der Waals surface area contributed by atoms with Crippen LogP contribution in [0.4, 0.5) is 11.5 Å². The average molecular weight is 267 g/mol. The minimum Gasteiger partial charge on any atom is -0.338 e. The third-order valence-corrected chi connectivity index (χ3v) is 3.90. The number of fused-ring (bicyclic) bond motifs is 1. The van der Waals surface area contributed by atoms with Gasteiger partial charge in [-0.05, 0) is 38.3 Å². The first-order chi connectivity index (χ1) is 8.47. The zero-order valence-electron chi connectivity index (χ0n) is 10.6. The van der Waals surface area contributed by atoms with Gasteiger partial charge in [0.2, 0.25) is 5.28 Å². The summed E-state index contributed by atoms with van der Waals surface area (Å²) < 4.78 is 0. The molecule has 0 saturated heterocycles. The van der Waals surface area contributed by atoms with E-state index in [1.807, 2.05) is 0 Å². The predicted octanol–water partition coefficient (Wildman–Crippen LogP) is 1.85. The molecule has 1 amide bonds. The summed E-state index contributed by atoms with van der Waals surface area (Å²) in [5.74, 6) is 0.902. The van der Waals surface area contributed by atoms with E-state index in [2.05, 4.69) is 28.7 Å². The van der Waals surface area contributed by atoms with Crippen molar-refractivity contribution in [2.75, 3.05) is 16.8 Å². The SMILES string of the molecule is CC(C)N1c2nc(Cl)ncc2N(C)C(=O)C12CC2. The highest BCUT2D eigenvalue weighted by Crippen LogP contribution is 2.51. The van der Waals surface area contributed by atoms with E-state index in [1.165, 1.54) is 0 Å². The summed E-state index contributed by atoms with van der Waals surface area (Å²) in [6.07, 6.45) is 3.39. The first-order valence-electron chi connectivity index (χ1n) is 6.07. The van der Waals surface area contributed by atoms with Crippen molar-refractivity contribution in [3.63, 3.8) is 0 Å². The Hall–Kier alpha value is -1.36. The van der Waals surface area contributed by atoms with Crippen LogP contribution < -0.4 is 9.80 Å². The number of hydrogen-bond acceptors (Lipinski definition) is 4. The van der Waals surface area contributed by atoms with E-state index in [-0.39, 0.29) is 17.2 Å². The second kappa shape index (κ2) is 3.57. The van der Waals surface area contributed by atoms with E-state index < -0.39 is 5.54 Å². The molecule has 0 unspecified atom stereocenters. The Morgan fingerprint density at radius 2 is 2.11 bits per heavy atom.